The second-order valence-corrected chi connectivity index (χ2v) is 3.81. The Bertz CT molecular complexity index is 337. The third-order valence-electron chi connectivity index (χ3n) is 2.55. The van der Waals surface area contributed by atoms with Crippen LogP contribution in [0.3, 0.4) is 0 Å². The molecule has 2 amide bonds. The van der Waals surface area contributed by atoms with Gasteiger partial charge < -0.3 is 21.5 Å². The second-order valence-electron chi connectivity index (χ2n) is 3.81. The minimum absolute atomic E-state index is 0.0741. The van der Waals surface area contributed by atoms with E-state index in [1.807, 2.05) is 0 Å². The highest BCUT2D eigenvalue weighted by molar-refractivity contribution is 5.89. The average Bonchev–Trinajstić information content (AvgIpc) is 2.59. The number of hydrogen-bond acceptors (Lipinski definition) is 4. The van der Waals surface area contributed by atoms with Crippen LogP contribution < -0.4 is 11.5 Å². The SMILES string of the molecule is C#CCC(N)C(=O)N1CC(O)CC1C(N)=O. The third kappa shape index (κ3) is 2.51. The van der Waals surface area contributed by atoms with Crippen molar-refractivity contribution in [2.75, 3.05) is 6.54 Å². The van der Waals surface area contributed by atoms with E-state index in [9.17, 15) is 14.7 Å². The number of carbonyl (C=O) groups excluding carboxylic acids is 2. The molecule has 0 bridgehead atoms. The van der Waals surface area contributed by atoms with Crippen molar-refractivity contribution < 1.29 is 14.7 Å². The average molecular weight is 225 g/mol. The van der Waals surface area contributed by atoms with Gasteiger partial charge in [-0.05, 0) is 0 Å². The van der Waals surface area contributed by atoms with Crippen LogP contribution in [-0.4, -0.2) is 46.6 Å². The number of amides is 2. The molecule has 5 N–H and O–H groups in total. The molecule has 0 radical (unpaired) electrons. The summed E-state index contributed by atoms with van der Waals surface area (Å²) in [6, 6.07) is -1.64. The van der Waals surface area contributed by atoms with Gasteiger partial charge in [-0.25, -0.2) is 0 Å². The number of nitrogens with two attached hydrogens (primary N) is 2. The number of hydrogen-bond donors (Lipinski definition) is 3. The summed E-state index contributed by atoms with van der Waals surface area (Å²) < 4.78 is 0. The van der Waals surface area contributed by atoms with Crippen molar-refractivity contribution >= 4 is 11.8 Å². The fourth-order valence-corrected chi connectivity index (χ4v) is 1.75. The Morgan fingerprint density at radius 2 is 2.25 bits per heavy atom. The fraction of sp³-hybridized carbons (Fsp3) is 0.600. The first-order valence-electron chi connectivity index (χ1n) is 4.94. The number of carbonyl (C=O) groups is 2. The van der Waals surface area contributed by atoms with Crippen molar-refractivity contribution in [3.63, 3.8) is 0 Å². The van der Waals surface area contributed by atoms with Crippen LogP contribution in [0.25, 0.3) is 0 Å². The molecule has 1 aliphatic rings. The Balaban J connectivity index is 2.75. The summed E-state index contributed by atoms with van der Waals surface area (Å²) in [6.07, 6.45) is 4.56. The van der Waals surface area contributed by atoms with E-state index in [1.54, 1.807) is 0 Å². The molecular formula is C10H15N3O3. The number of terminal acetylenes is 1. The monoisotopic (exact) mass is 225 g/mol. The maximum absolute atomic E-state index is 11.8. The largest absolute Gasteiger partial charge is 0.391 e. The van der Waals surface area contributed by atoms with Crippen molar-refractivity contribution in [3.05, 3.63) is 0 Å². The number of nitrogens with zero attached hydrogens (tertiary/aromatic N) is 1. The maximum Gasteiger partial charge on any atom is 0.241 e. The molecule has 0 spiro atoms. The van der Waals surface area contributed by atoms with Gasteiger partial charge in [0.05, 0.1) is 12.1 Å². The van der Waals surface area contributed by atoms with Gasteiger partial charge in [-0.2, -0.15) is 0 Å². The lowest BCUT2D eigenvalue weighted by atomic mass is 10.1. The van der Waals surface area contributed by atoms with E-state index < -0.39 is 30.0 Å². The Kier molecular flexibility index (Phi) is 3.88. The van der Waals surface area contributed by atoms with E-state index >= 15 is 0 Å². The van der Waals surface area contributed by atoms with Crippen LogP contribution in [0.1, 0.15) is 12.8 Å². The lowest BCUT2D eigenvalue weighted by Gasteiger charge is -2.24. The minimum Gasteiger partial charge on any atom is -0.391 e. The first-order chi connectivity index (χ1) is 7.47. The second kappa shape index (κ2) is 4.96. The Morgan fingerprint density at radius 1 is 1.62 bits per heavy atom. The molecule has 88 valence electrons. The Labute approximate surface area is 93.6 Å². The molecule has 1 fully saturated rings. The molecule has 6 nitrogen and oxygen atoms in total. The lowest BCUT2D eigenvalue weighted by Crippen LogP contribution is -2.50. The minimum atomic E-state index is -0.850. The van der Waals surface area contributed by atoms with Crippen molar-refractivity contribution in [1.29, 1.82) is 0 Å². The van der Waals surface area contributed by atoms with Crippen LogP contribution in [0.5, 0.6) is 0 Å². The van der Waals surface area contributed by atoms with Gasteiger partial charge in [-0.1, -0.05) is 0 Å². The zero-order chi connectivity index (χ0) is 12.3. The van der Waals surface area contributed by atoms with Gasteiger partial charge in [0.15, 0.2) is 0 Å². The fourth-order valence-electron chi connectivity index (χ4n) is 1.75. The molecular weight excluding hydrogens is 210 g/mol. The highest BCUT2D eigenvalue weighted by Crippen LogP contribution is 2.18. The van der Waals surface area contributed by atoms with E-state index in [0.29, 0.717) is 0 Å². The molecule has 6 heteroatoms. The summed E-state index contributed by atoms with van der Waals surface area (Å²) in [5, 5.41) is 9.40. The zero-order valence-corrected chi connectivity index (χ0v) is 8.80. The molecule has 0 aromatic rings. The first-order valence-corrected chi connectivity index (χ1v) is 4.94. The van der Waals surface area contributed by atoms with Crippen LogP contribution in [0.4, 0.5) is 0 Å². The number of aliphatic hydroxyl groups is 1. The zero-order valence-electron chi connectivity index (χ0n) is 8.80. The van der Waals surface area contributed by atoms with Crippen LogP contribution in [0.15, 0.2) is 0 Å². The topological polar surface area (TPSA) is 110 Å². The summed E-state index contributed by atoms with van der Waals surface area (Å²) in [5.41, 5.74) is 10.7. The molecule has 1 rings (SSSR count). The smallest absolute Gasteiger partial charge is 0.241 e. The summed E-state index contributed by atoms with van der Waals surface area (Å²) in [4.78, 5) is 24.1. The quantitative estimate of drug-likeness (QED) is 0.473. The molecule has 3 atom stereocenters. The van der Waals surface area contributed by atoms with Crippen LogP contribution in [0, 0.1) is 12.3 Å². The molecule has 0 aromatic carbocycles. The molecule has 16 heavy (non-hydrogen) atoms. The first kappa shape index (κ1) is 12.5. The lowest BCUT2D eigenvalue weighted by molar-refractivity contribution is -0.138. The Hall–Kier alpha value is -1.58. The summed E-state index contributed by atoms with van der Waals surface area (Å²) >= 11 is 0. The van der Waals surface area contributed by atoms with Crippen LogP contribution in [-0.2, 0) is 9.59 Å². The summed E-state index contributed by atoms with van der Waals surface area (Å²) in [6.45, 7) is 0.0741. The number of aliphatic hydroxyl groups excluding tert-OH is 1. The molecule has 1 saturated heterocycles. The number of likely N-dealkylation sites (tertiary alicyclic amines) is 1. The normalized spacial score (nSPS) is 26.2. The van der Waals surface area contributed by atoms with Crippen molar-refractivity contribution in [2.24, 2.45) is 11.5 Å². The summed E-state index contributed by atoms with van der Waals surface area (Å²) in [7, 11) is 0. The van der Waals surface area contributed by atoms with Crippen LogP contribution in [0.2, 0.25) is 0 Å². The van der Waals surface area contributed by atoms with E-state index in [1.165, 1.54) is 4.90 Å². The molecule has 1 aliphatic heterocycles. The van der Waals surface area contributed by atoms with E-state index in [4.69, 9.17) is 17.9 Å². The predicted molar refractivity (Wildman–Crippen MR) is 56.7 cm³/mol. The van der Waals surface area contributed by atoms with Gasteiger partial charge >= 0.3 is 0 Å². The predicted octanol–water partition coefficient (Wildman–Crippen LogP) is -2.22. The van der Waals surface area contributed by atoms with Gasteiger partial charge in [0.25, 0.3) is 0 Å². The van der Waals surface area contributed by atoms with Gasteiger partial charge in [0, 0.05) is 19.4 Å². The van der Waals surface area contributed by atoms with Gasteiger partial charge in [0.1, 0.15) is 6.04 Å². The van der Waals surface area contributed by atoms with Gasteiger partial charge in [-0.15, -0.1) is 12.3 Å². The Morgan fingerprint density at radius 3 is 2.75 bits per heavy atom. The molecule has 1 heterocycles. The maximum atomic E-state index is 11.8. The van der Waals surface area contributed by atoms with E-state index in [0.717, 1.165) is 0 Å². The molecule has 0 aliphatic carbocycles. The number of β-amino-alcohol motifs (C(OH)–C–C–N with tert-alkyl or cyclic N) is 1. The van der Waals surface area contributed by atoms with Crippen molar-refractivity contribution in [1.82, 2.24) is 4.90 Å². The molecule has 0 saturated carbocycles. The molecule has 3 unspecified atom stereocenters. The van der Waals surface area contributed by atoms with E-state index in [2.05, 4.69) is 5.92 Å². The van der Waals surface area contributed by atoms with Crippen molar-refractivity contribution in [2.45, 2.75) is 31.0 Å². The standard InChI is InChI=1S/C10H15N3O3/c1-2-3-7(11)10(16)13-5-6(14)4-8(13)9(12)15/h1,6-8,14H,3-5,11H2,(H2,12,15). The molecule has 0 aromatic heterocycles. The van der Waals surface area contributed by atoms with Crippen LogP contribution >= 0.6 is 0 Å². The highest BCUT2D eigenvalue weighted by atomic mass is 16.3. The summed E-state index contributed by atoms with van der Waals surface area (Å²) in [5.74, 6) is 1.19. The van der Waals surface area contributed by atoms with E-state index in [-0.39, 0.29) is 19.4 Å². The number of primary amides is 1. The third-order valence-corrected chi connectivity index (χ3v) is 2.55. The van der Waals surface area contributed by atoms with Gasteiger partial charge in [-0.3, -0.25) is 9.59 Å². The van der Waals surface area contributed by atoms with Gasteiger partial charge in [0.2, 0.25) is 11.8 Å². The van der Waals surface area contributed by atoms with Crippen molar-refractivity contribution in [3.8, 4) is 12.3 Å². The highest BCUT2D eigenvalue weighted by Gasteiger charge is 2.39. The number of rotatable bonds is 3.